The van der Waals surface area contributed by atoms with Gasteiger partial charge < -0.3 is 20.3 Å². The number of carboxylic acid groups (broad SMARTS) is 1. The van der Waals surface area contributed by atoms with Crippen LogP contribution < -0.4 is 5.32 Å². The first-order valence-corrected chi connectivity index (χ1v) is 5.00. The zero-order valence-corrected chi connectivity index (χ0v) is 9.21. The number of phenolic OH excluding ortho intramolecular Hbond substituents is 1. The zero-order valence-electron chi connectivity index (χ0n) is 9.21. The normalized spacial score (nSPS) is 11.6. The standard InChI is InChI=1S/C11H13NO5/c1-2-17-11(16)12-9(10(14)15)7-5-3-4-6-8(7)13/h3-6,9,13H,2H2,1H3,(H,12,16)(H,14,15). The van der Waals surface area contributed by atoms with Gasteiger partial charge in [0.05, 0.1) is 6.61 Å². The zero-order chi connectivity index (χ0) is 12.8. The Morgan fingerprint density at radius 3 is 2.59 bits per heavy atom. The molecule has 0 aromatic heterocycles. The second-order valence-corrected chi connectivity index (χ2v) is 3.19. The van der Waals surface area contributed by atoms with Gasteiger partial charge in [0.15, 0.2) is 6.04 Å². The third kappa shape index (κ3) is 3.37. The van der Waals surface area contributed by atoms with E-state index in [0.717, 1.165) is 0 Å². The molecular weight excluding hydrogens is 226 g/mol. The minimum Gasteiger partial charge on any atom is -0.508 e. The van der Waals surface area contributed by atoms with Crippen LogP contribution in [-0.4, -0.2) is 28.9 Å². The number of amides is 1. The van der Waals surface area contributed by atoms with Gasteiger partial charge in [0.2, 0.25) is 0 Å². The first-order valence-electron chi connectivity index (χ1n) is 5.00. The molecule has 1 aromatic carbocycles. The number of carbonyl (C=O) groups excluding carboxylic acids is 1. The maximum Gasteiger partial charge on any atom is 0.408 e. The molecule has 0 spiro atoms. The number of hydrogen-bond acceptors (Lipinski definition) is 4. The molecule has 0 bridgehead atoms. The van der Waals surface area contributed by atoms with Crippen LogP contribution in [0.25, 0.3) is 0 Å². The molecule has 0 saturated carbocycles. The molecule has 0 heterocycles. The molecule has 6 heteroatoms. The highest BCUT2D eigenvalue weighted by molar-refractivity contribution is 5.82. The van der Waals surface area contributed by atoms with Crippen molar-refractivity contribution in [2.45, 2.75) is 13.0 Å². The fraction of sp³-hybridized carbons (Fsp3) is 0.273. The van der Waals surface area contributed by atoms with Crippen LogP contribution >= 0.6 is 0 Å². The summed E-state index contributed by atoms with van der Waals surface area (Å²) >= 11 is 0. The summed E-state index contributed by atoms with van der Waals surface area (Å²) < 4.78 is 4.59. The minimum atomic E-state index is -1.34. The van der Waals surface area contributed by atoms with Crippen molar-refractivity contribution in [1.29, 1.82) is 0 Å². The first-order chi connectivity index (χ1) is 8.06. The van der Waals surface area contributed by atoms with Gasteiger partial charge in [-0.05, 0) is 13.0 Å². The largest absolute Gasteiger partial charge is 0.508 e. The van der Waals surface area contributed by atoms with E-state index in [2.05, 4.69) is 10.1 Å². The Bertz CT molecular complexity index is 418. The lowest BCUT2D eigenvalue weighted by Crippen LogP contribution is -2.34. The molecule has 1 aromatic rings. The summed E-state index contributed by atoms with van der Waals surface area (Å²) in [7, 11) is 0. The molecule has 0 fully saturated rings. The number of carboxylic acids is 1. The molecule has 0 radical (unpaired) electrons. The molecular formula is C11H13NO5. The molecule has 1 rings (SSSR count). The van der Waals surface area contributed by atoms with E-state index in [9.17, 15) is 14.7 Å². The van der Waals surface area contributed by atoms with Gasteiger partial charge in [0.1, 0.15) is 5.75 Å². The maximum atomic E-state index is 11.2. The maximum absolute atomic E-state index is 11.2. The molecule has 0 saturated heterocycles. The number of para-hydroxylation sites is 1. The topological polar surface area (TPSA) is 95.9 Å². The van der Waals surface area contributed by atoms with Gasteiger partial charge in [-0.15, -0.1) is 0 Å². The van der Waals surface area contributed by atoms with Crippen molar-refractivity contribution in [1.82, 2.24) is 5.32 Å². The number of carbonyl (C=O) groups is 2. The van der Waals surface area contributed by atoms with E-state index in [1.807, 2.05) is 0 Å². The number of aliphatic carboxylic acids is 1. The number of rotatable bonds is 4. The summed E-state index contributed by atoms with van der Waals surface area (Å²) in [4.78, 5) is 22.2. The minimum absolute atomic E-state index is 0.105. The van der Waals surface area contributed by atoms with E-state index in [-0.39, 0.29) is 17.9 Å². The van der Waals surface area contributed by atoms with E-state index in [0.29, 0.717) is 0 Å². The number of hydrogen-bond donors (Lipinski definition) is 3. The van der Waals surface area contributed by atoms with Crippen molar-refractivity contribution in [3.63, 3.8) is 0 Å². The lowest BCUT2D eigenvalue weighted by atomic mass is 10.1. The van der Waals surface area contributed by atoms with Crippen LogP contribution in [0.1, 0.15) is 18.5 Å². The van der Waals surface area contributed by atoms with Crippen LogP contribution in [0.2, 0.25) is 0 Å². The Morgan fingerprint density at radius 1 is 1.41 bits per heavy atom. The average Bonchev–Trinajstić information content (AvgIpc) is 2.27. The van der Waals surface area contributed by atoms with Gasteiger partial charge in [-0.2, -0.15) is 0 Å². The van der Waals surface area contributed by atoms with E-state index in [4.69, 9.17) is 5.11 Å². The van der Waals surface area contributed by atoms with Crippen LogP contribution in [-0.2, 0) is 9.53 Å². The van der Waals surface area contributed by atoms with Crippen molar-refractivity contribution in [3.8, 4) is 5.75 Å². The molecule has 0 aliphatic rings. The Hall–Kier alpha value is -2.24. The number of aromatic hydroxyl groups is 1. The fourth-order valence-electron chi connectivity index (χ4n) is 1.29. The van der Waals surface area contributed by atoms with Gasteiger partial charge >= 0.3 is 12.1 Å². The molecule has 0 aliphatic heterocycles. The lowest BCUT2D eigenvalue weighted by molar-refractivity contribution is -0.139. The summed E-state index contributed by atoms with van der Waals surface area (Å²) in [6.45, 7) is 1.74. The fourth-order valence-corrected chi connectivity index (χ4v) is 1.29. The van der Waals surface area contributed by atoms with Gasteiger partial charge in [-0.25, -0.2) is 9.59 Å². The monoisotopic (exact) mass is 239 g/mol. The second kappa shape index (κ2) is 5.74. The Kier molecular flexibility index (Phi) is 4.33. The Balaban J connectivity index is 2.91. The van der Waals surface area contributed by atoms with Gasteiger partial charge in [0, 0.05) is 5.56 Å². The van der Waals surface area contributed by atoms with Crippen molar-refractivity contribution in [2.75, 3.05) is 6.61 Å². The van der Waals surface area contributed by atoms with Crippen LogP contribution in [0.3, 0.4) is 0 Å². The Morgan fingerprint density at radius 2 is 2.06 bits per heavy atom. The van der Waals surface area contributed by atoms with Crippen molar-refractivity contribution in [2.24, 2.45) is 0 Å². The highest BCUT2D eigenvalue weighted by Gasteiger charge is 2.24. The SMILES string of the molecule is CCOC(=O)NC(C(=O)O)c1ccccc1O. The van der Waals surface area contributed by atoms with E-state index < -0.39 is 18.1 Å². The van der Waals surface area contributed by atoms with Crippen LogP contribution in [0.5, 0.6) is 5.75 Å². The number of benzene rings is 1. The van der Waals surface area contributed by atoms with E-state index >= 15 is 0 Å². The van der Waals surface area contributed by atoms with E-state index in [1.54, 1.807) is 19.1 Å². The molecule has 17 heavy (non-hydrogen) atoms. The molecule has 1 atom stereocenters. The number of ether oxygens (including phenoxy) is 1. The third-order valence-electron chi connectivity index (χ3n) is 2.03. The summed E-state index contributed by atoms with van der Waals surface area (Å²) in [5, 5.41) is 20.7. The first kappa shape index (κ1) is 12.8. The van der Waals surface area contributed by atoms with Crippen LogP contribution in [0.4, 0.5) is 4.79 Å². The molecule has 1 unspecified atom stereocenters. The summed E-state index contributed by atoms with van der Waals surface area (Å²) in [6, 6.07) is 4.55. The Labute approximate surface area is 97.8 Å². The van der Waals surface area contributed by atoms with Gasteiger partial charge in [0.25, 0.3) is 0 Å². The number of phenols is 1. The lowest BCUT2D eigenvalue weighted by Gasteiger charge is -2.15. The van der Waals surface area contributed by atoms with E-state index in [1.165, 1.54) is 12.1 Å². The number of alkyl carbamates (subject to hydrolysis) is 1. The van der Waals surface area contributed by atoms with Crippen LogP contribution in [0.15, 0.2) is 24.3 Å². The number of nitrogens with one attached hydrogen (secondary N) is 1. The van der Waals surface area contributed by atoms with Crippen molar-refractivity contribution < 1.29 is 24.5 Å². The highest BCUT2D eigenvalue weighted by atomic mass is 16.5. The highest BCUT2D eigenvalue weighted by Crippen LogP contribution is 2.23. The molecule has 3 N–H and O–H groups in total. The van der Waals surface area contributed by atoms with Gasteiger partial charge in [-0.1, -0.05) is 18.2 Å². The third-order valence-corrected chi connectivity index (χ3v) is 2.03. The predicted molar refractivity (Wildman–Crippen MR) is 58.6 cm³/mol. The predicted octanol–water partition coefficient (Wildman–Crippen LogP) is 1.26. The van der Waals surface area contributed by atoms with Crippen molar-refractivity contribution >= 4 is 12.1 Å². The average molecular weight is 239 g/mol. The smallest absolute Gasteiger partial charge is 0.408 e. The molecule has 0 aliphatic carbocycles. The van der Waals surface area contributed by atoms with Gasteiger partial charge in [-0.3, -0.25) is 0 Å². The summed E-state index contributed by atoms with van der Waals surface area (Å²) in [6.07, 6.45) is -0.844. The molecule has 6 nitrogen and oxygen atoms in total. The van der Waals surface area contributed by atoms with Crippen LogP contribution in [0, 0.1) is 0 Å². The summed E-state index contributed by atoms with van der Waals surface area (Å²) in [5.74, 6) is -1.48. The van der Waals surface area contributed by atoms with Crippen molar-refractivity contribution in [3.05, 3.63) is 29.8 Å². The summed E-state index contributed by atoms with van der Waals surface area (Å²) in [5.41, 5.74) is 0.105. The second-order valence-electron chi connectivity index (χ2n) is 3.19. The molecule has 1 amide bonds. The molecule has 92 valence electrons. The quantitative estimate of drug-likeness (QED) is 0.735.